The Bertz CT molecular complexity index is 318. The minimum Gasteiger partial charge on any atom is -0.444 e. The largest absolute Gasteiger partial charge is 0.444 e. The van der Waals surface area contributed by atoms with Crippen molar-refractivity contribution in [3.05, 3.63) is 0 Å². The van der Waals surface area contributed by atoms with Crippen LogP contribution in [0.15, 0.2) is 0 Å². The molecule has 1 amide bonds. The van der Waals surface area contributed by atoms with Crippen molar-refractivity contribution in [3.63, 3.8) is 0 Å². The highest BCUT2D eigenvalue weighted by Gasteiger charge is 2.16. The van der Waals surface area contributed by atoms with Gasteiger partial charge in [0.25, 0.3) is 0 Å². The third-order valence-corrected chi connectivity index (χ3v) is 2.27. The number of nitrogens with one attached hydrogen (secondary N) is 1. The first-order valence-electron chi connectivity index (χ1n) is 8.35. The molecule has 6 nitrogen and oxygen atoms in total. The predicted octanol–water partition coefficient (Wildman–Crippen LogP) is 3.73. The summed E-state index contributed by atoms with van der Waals surface area (Å²) in [6.45, 7) is 18.4. The van der Waals surface area contributed by atoms with E-state index in [2.05, 4.69) is 5.32 Å². The number of carbonyl (C=O) groups excluding carboxylic acids is 1. The predicted molar refractivity (Wildman–Crippen MR) is 123 cm³/mol. The lowest BCUT2D eigenvalue weighted by Gasteiger charge is -2.21. The third-order valence-electron chi connectivity index (χ3n) is 2.27. The maximum atomic E-state index is 11.3. The minimum absolute atomic E-state index is 0. The molecule has 0 aliphatic rings. The fraction of sp³-hybridized carbons (Fsp3) is 0.941. The zero-order valence-corrected chi connectivity index (χ0v) is 20.7. The summed E-state index contributed by atoms with van der Waals surface area (Å²) in [5.74, 6) is 0. The van der Waals surface area contributed by atoms with E-state index in [1.54, 1.807) is 0 Å². The smallest absolute Gasteiger partial charge is 0.407 e. The summed E-state index contributed by atoms with van der Waals surface area (Å²) >= 11 is 0. The number of alkyl carbamates (subject to hydrolysis) is 1. The summed E-state index contributed by atoms with van der Waals surface area (Å²) in [5, 5.41) is 2.66. The Labute approximate surface area is 181 Å². The standard InChI is InChI=1S/C11H23NO3.C6H15NO.ClH.2H2S/c1-8(2)14-9(3)7-12-10(13)15-11(4,5)6;1-5(2)8-6(3)4-7;;;/h8-9H,7H2,1-6H3,(H,12,13);5-6H,4,7H2,1-3H3;1H;2*1H2/t9-;6-;;;/m00.../s1. The Hall–Kier alpha value is 0.140. The van der Waals surface area contributed by atoms with Crippen molar-refractivity contribution in [2.75, 3.05) is 13.1 Å². The molecule has 164 valence electrons. The first kappa shape index (κ1) is 37.0. The van der Waals surface area contributed by atoms with Crippen LogP contribution in [-0.2, 0) is 14.2 Å². The van der Waals surface area contributed by atoms with Gasteiger partial charge in [0, 0.05) is 13.1 Å². The van der Waals surface area contributed by atoms with Gasteiger partial charge in [-0.05, 0) is 62.3 Å². The Morgan fingerprint density at radius 1 is 0.923 bits per heavy atom. The van der Waals surface area contributed by atoms with Crippen molar-refractivity contribution in [3.8, 4) is 0 Å². The van der Waals surface area contributed by atoms with E-state index in [-0.39, 0.29) is 57.7 Å². The maximum absolute atomic E-state index is 11.3. The van der Waals surface area contributed by atoms with Crippen LogP contribution in [-0.4, -0.2) is 49.2 Å². The average molecular weight is 439 g/mol. The van der Waals surface area contributed by atoms with Gasteiger partial charge in [0.15, 0.2) is 0 Å². The Morgan fingerprint density at radius 3 is 1.58 bits per heavy atom. The summed E-state index contributed by atoms with van der Waals surface area (Å²) in [4.78, 5) is 11.3. The quantitative estimate of drug-likeness (QED) is 0.632. The third kappa shape index (κ3) is 31.9. The highest BCUT2D eigenvalue weighted by Crippen LogP contribution is 2.06. The second kappa shape index (κ2) is 19.9. The van der Waals surface area contributed by atoms with Crippen LogP contribution in [0.2, 0.25) is 0 Å². The Morgan fingerprint density at radius 2 is 1.31 bits per heavy atom. The minimum atomic E-state index is -0.452. The molecular formula is C17H43ClN2O4S2. The second-order valence-corrected chi connectivity index (χ2v) is 7.11. The molecule has 9 heteroatoms. The van der Waals surface area contributed by atoms with Gasteiger partial charge in [0.1, 0.15) is 5.60 Å². The molecule has 0 aliphatic carbocycles. The molecule has 0 unspecified atom stereocenters. The molecule has 0 saturated heterocycles. The first-order valence-corrected chi connectivity index (χ1v) is 8.35. The SMILES string of the molecule is CC(C)O[C@@H](C)CN.CC(C)O[C@@H](C)CNC(=O)OC(C)(C)C.Cl.S.S. The van der Waals surface area contributed by atoms with Crippen LogP contribution in [0.4, 0.5) is 4.79 Å². The van der Waals surface area contributed by atoms with E-state index in [4.69, 9.17) is 19.9 Å². The highest BCUT2D eigenvalue weighted by molar-refractivity contribution is 7.59. The van der Waals surface area contributed by atoms with Gasteiger partial charge >= 0.3 is 6.09 Å². The van der Waals surface area contributed by atoms with Gasteiger partial charge in [0.05, 0.1) is 24.4 Å². The Balaban J connectivity index is -0.000000116. The average Bonchev–Trinajstić information content (AvgIpc) is 2.33. The van der Waals surface area contributed by atoms with Crippen molar-refractivity contribution >= 4 is 45.5 Å². The first-order chi connectivity index (χ1) is 10.4. The number of rotatable bonds is 7. The second-order valence-electron chi connectivity index (χ2n) is 7.11. The van der Waals surface area contributed by atoms with E-state index >= 15 is 0 Å². The van der Waals surface area contributed by atoms with Crippen molar-refractivity contribution in [1.29, 1.82) is 0 Å². The molecule has 3 N–H and O–H groups in total. The summed E-state index contributed by atoms with van der Waals surface area (Å²) in [7, 11) is 0. The van der Waals surface area contributed by atoms with Gasteiger partial charge < -0.3 is 25.3 Å². The summed E-state index contributed by atoms with van der Waals surface area (Å²) in [6.07, 6.45) is 0.267. The number of hydrogen-bond donors (Lipinski definition) is 2. The van der Waals surface area contributed by atoms with E-state index < -0.39 is 11.7 Å². The molecule has 0 bridgehead atoms. The van der Waals surface area contributed by atoms with Gasteiger partial charge in [-0.1, -0.05) is 0 Å². The van der Waals surface area contributed by atoms with Crippen LogP contribution in [0.3, 0.4) is 0 Å². The van der Waals surface area contributed by atoms with Crippen LogP contribution >= 0.6 is 39.4 Å². The molecule has 0 aliphatic heterocycles. The molecule has 0 saturated carbocycles. The normalized spacial score (nSPS) is 12.5. The molecule has 2 atom stereocenters. The summed E-state index contributed by atoms with van der Waals surface area (Å²) in [6, 6.07) is 0. The van der Waals surface area contributed by atoms with E-state index in [1.165, 1.54) is 0 Å². The number of ether oxygens (including phenoxy) is 3. The molecule has 0 rings (SSSR count). The molecule has 0 heterocycles. The lowest BCUT2D eigenvalue weighted by Crippen LogP contribution is -2.37. The lowest BCUT2D eigenvalue weighted by atomic mass is 10.2. The van der Waals surface area contributed by atoms with E-state index in [9.17, 15) is 4.79 Å². The number of hydrogen-bond acceptors (Lipinski definition) is 5. The maximum Gasteiger partial charge on any atom is 0.407 e. The van der Waals surface area contributed by atoms with Crippen molar-refractivity contribution in [1.82, 2.24) is 5.32 Å². The van der Waals surface area contributed by atoms with Gasteiger partial charge in [-0.2, -0.15) is 27.0 Å². The van der Waals surface area contributed by atoms with E-state index in [0.29, 0.717) is 19.2 Å². The fourth-order valence-electron chi connectivity index (χ4n) is 1.57. The molecule has 0 fully saturated rings. The molecule has 0 aromatic carbocycles. The van der Waals surface area contributed by atoms with E-state index in [1.807, 2.05) is 62.3 Å². The number of amides is 1. The number of carbonyl (C=O) groups is 1. The van der Waals surface area contributed by atoms with Crippen LogP contribution < -0.4 is 11.1 Å². The van der Waals surface area contributed by atoms with Crippen molar-refractivity contribution in [2.45, 2.75) is 92.3 Å². The number of nitrogens with two attached hydrogens (primary N) is 1. The van der Waals surface area contributed by atoms with E-state index in [0.717, 1.165) is 0 Å². The molecule has 0 spiro atoms. The molecule has 0 radical (unpaired) electrons. The molecule has 26 heavy (non-hydrogen) atoms. The number of halogens is 1. The van der Waals surface area contributed by atoms with Crippen LogP contribution in [0, 0.1) is 0 Å². The fourth-order valence-corrected chi connectivity index (χ4v) is 1.57. The van der Waals surface area contributed by atoms with Gasteiger partial charge in [-0.3, -0.25) is 0 Å². The van der Waals surface area contributed by atoms with Gasteiger partial charge in [0.2, 0.25) is 0 Å². The lowest BCUT2D eigenvalue weighted by molar-refractivity contribution is 0.0134. The van der Waals surface area contributed by atoms with Crippen LogP contribution in [0.5, 0.6) is 0 Å². The van der Waals surface area contributed by atoms with Crippen molar-refractivity contribution < 1.29 is 19.0 Å². The van der Waals surface area contributed by atoms with Gasteiger partial charge in [-0.25, -0.2) is 4.79 Å². The zero-order chi connectivity index (χ0) is 18.6. The Kier molecular flexibility index (Phi) is 28.3. The summed E-state index contributed by atoms with van der Waals surface area (Å²) in [5.41, 5.74) is 4.84. The molecule has 0 aromatic heterocycles. The monoisotopic (exact) mass is 438 g/mol. The van der Waals surface area contributed by atoms with Gasteiger partial charge in [-0.15, -0.1) is 12.4 Å². The topological polar surface area (TPSA) is 82.8 Å². The van der Waals surface area contributed by atoms with Crippen LogP contribution in [0.1, 0.15) is 62.3 Å². The molecule has 0 aromatic rings. The highest BCUT2D eigenvalue weighted by atomic mass is 35.5. The van der Waals surface area contributed by atoms with Crippen LogP contribution in [0.25, 0.3) is 0 Å². The summed E-state index contributed by atoms with van der Waals surface area (Å²) < 4.78 is 15.8. The molecular weight excluding hydrogens is 396 g/mol. The zero-order valence-electron chi connectivity index (χ0n) is 17.8. The van der Waals surface area contributed by atoms with Crippen molar-refractivity contribution in [2.24, 2.45) is 5.73 Å².